The predicted octanol–water partition coefficient (Wildman–Crippen LogP) is 3.51. The Balaban J connectivity index is 1.79. The maximum Gasteiger partial charge on any atom is 0.338 e. The molecule has 0 unspecified atom stereocenters. The average Bonchev–Trinajstić information content (AvgIpc) is 3.08. The van der Waals surface area contributed by atoms with Crippen molar-refractivity contribution in [2.24, 2.45) is 0 Å². The van der Waals surface area contributed by atoms with E-state index in [1.807, 2.05) is 0 Å². The third kappa shape index (κ3) is 5.08. The molecule has 32 heavy (non-hydrogen) atoms. The Kier molecular flexibility index (Phi) is 7.49. The molecule has 1 N–H and O–H groups in total. The number of carbonyl (C=O) groups excluding carboxylic acids is 3. The van der Waals surface area contributed by atoms with Gasteiger partial charge in [0.2, 0.25) is 0 Å². The van der Waals surface area contributed by atoms with Gasteiger partial charge in [0.1, 0.15) is 5.57 Å². The summed E-state index contributed by atoms with van der Waals surface area (Å²) in [6.45, 7) is 4.66. The number of esters is 1. The number of unbranched alkanes of at least 4 members (excludes halogenated alkanes) is 1. The second-order valence-electron chi connectivity index (χ2n) is 7.02. The molecule has 2 aromatic carbocycles. The van der Waals surface area contributed by atoms with Crippen LogP contribution in [-0.4, -0.2) is 38.1 Å². The molecule has 168 valence electrons. The summed E-state index contributed by atoms with van der Waals surface area (Å²) in [5, 5.41) is 1.14. The van der Waals surface area contributed by atoms with Gasteiger partial charge in [-0.05, 0) is 61.4 Å². The first-order chi connectivity index (χ1) is 15.5. The number of hydrogen-bond acceptors (Lipinski definition) is 6. The van der Waals surface area contributed by atoms with Gasteiger partial charge in [0.25, 0.3) is 11.8 Å². The van der Waals surface area contributed by atoms with Crippen LogP contribution in [0.5, 0.6) is 11.5 Å². The van der Waals surface area contributed by atoms with E-state index in [4.69, 9.17) is 14.2 Å². The van der Waals surface area contributed by atoms with E-state index in [1.54, 1.807) is 37.3 Å². The normalized spacial score (nSPS) is 14.5. The first-order valence-corrected chi connectivity index (χ1v) is 10.4. The fourth-order valence-corrected chi connectivity index (χ4v) is 3.09. The number of nitrogens with zero attached hydrogens (tertiary/aromatic N) is 1. The van der Waals surface area contributed by atoms with Crippen molar-refractivity contribution < 1.29 is 28.6 Å². The first kappa shape index (κ1) is 22.9. The number of hydrogen-bond donors (Lipinski definition) is 1. The molecule has 1 heterocycles. The quantitative estimate of drug-likeness (QED) is 0.279. The van der Waals surface area contributed by atoms with E-state index in [0.29, 0.717) is 34.9 Å². The van der Waals surface area contributed by atoms with Crippen LogP contribution in [0, 0.1) is 0 Å². The number of methoxy groups -OCH3 is 1. The van der Waals surface area contributed by atoms with Gasteiger partial charge in [0.05, 0.1) is 31.6 Å². The molecule has 8 heteroatoms. The van der Waals surface area contributed by atoms with Gasteiger partial charge >= 0.3 is 5.97 Å². The molecular formula is C24H26N2O6. The maximum atomic E-state index is 12.9. The minimum Gasteiger partial charge on any atom is -0.493 e. The van der Waals surface area contributed by atoms with Gasteiger partial charge in [0, 0.05) is 0 Å². The lowest BCUT2D eigenvalue weighted by molar-refractivity contribution is -0.117. The van der Waals surface area contributed by atoms with Crippen molar-refractivity contribution in [1.29, 1.82) is 0 Å². The Hall–Kier alpha value is -3.81. The minimum absolute atomic E-state index is 0.0128. The molecule has 8 nitrogen and oxygen atoms in total. The molecule has 0 spiro atoms. The van der Waals surface area contributed by atoms with Crippen molar-refractivity contribution in [1.82, 2.24) is 5.43 Å². The van der Waals surface area contributed by atoms with Crippen LogP contribution in [0.25, 0.3) is 6.08 Å². The molecule has 0 aromatic heterocycles. The van der Waals surface area contributed by atoms with Crippen LogP contribution in [0.4, 0.5) is 5.69 Å². The number of hydrazine groups is 1. The van der Waals surface area contributed by atoms with Gasteiger partial charge in [-0.25, -0.2) is 9.80 Å². The summed E-state index contributed by atoms with van der Waals surface area (Å²) in [6, 6.07) is 11.4. The van der Waals surface area contributed by atoms with Crippen LogP contribution in [0.3, 0.4) is 0 Å². The Morgan fingerprint density at radius 3 is 2.47 bits per heavy atom. The highest BCUT2D eigenvalue weighted by Crippen LogP contribution is 2.30. The summed E-state index contributed by atoms with van der Waals surface area (Å²) in [4.78, 5) is 37.1. The van der Waals surface area contributed by atoms with Crippen LogP contribution in [-0.2, 0) is 14.3 Å². The van der Waals surface area contributed by atoms with E-state index in [0.717, 1.165) is 17.9 Å². The summed E-state index contributed by atoms with van der Waals surface area (Å²) in [6.07, 6.45) is 3.45. The highest BCUT2D eigenvalue weighted by molar-refractivity contribution is 6.31. The fourth-order valence-electron chi connectivity index (χ4n) is 3.09. The van der Waals surface area contributed by atoms with Gasteiger partial charge in [-0.3, -0.25) is 15.0 Å². The number of anilines is 1. The molecule has 1 fully saturated rings. The number of nitrogens with one attached hydrogen (secondary N) is 1. The summed E-state index contributed by atoms with van der Waals surface area (Å²) in [7, 11) is 1.54. The Bertz CT molecular complexity index is 1030. The predicted molar refractivity (Wildman–Crippen MR) is 119 cm³/mol. The largest absolute Gasteiger partial charge is 0.493 e. The van der Waals surface area contributed by atoms with Crippen LogP contribution < -0.4 is 19.9 Å². The zero-order chi connectivity index (χ0) is 23.1. The number of ether oxygens (including phenoxy) is 3. The Morgan fingerprint density at radius 1 is 1.06 bits per heavy atom. The SMILES string of the molecule is CCCCOc1ccc(/C=C2/C(=O)NN(c3ccc(C(=O)OCC)cc3)C2=O)cc1OC. The van der Waals surface area contributed by atoms with E-state index in [2.05, 4.69) is 12.3 Å². The third-order valence-corrected chi connectivity index (χ3v) is 4.78. The van der Waals surface area contributed by atoms with E-state index in [1.165, 1.54) is 25.3 Å². The van der Waals surface area contributed by atoms with Crippen molar-refractivity contribution >= 4 is 29.5 Å². The number of carbonyl (C=O) groups is 3. The molecule has 1 aliphatic rings. The number of benzene rings is 2. The molecule has 0 saturated carbocycles. The molecule has 0 bridgehead atoms. The van der Waals surface area contributed by atoms with Gasteiger partial charge < -0.3 is 14.2 Å². The van der Waals surface area contributed by atoms with Crippen molar-refractivity contribution in [3.63, 3.8) is 0 Å². The van der Waals surface area contributed by atoms with Crippen molar-refractivity contribution in [2.45, 2.75) is 26.7 Å². The van der Waals surface area contributed by atoms with Crippen LogP contribution >= 0.6 is 0 Å². The van der Waals surface area contributed by atoms with E-state index >= 15 is 0 Å². The Labute approximate surface area is 186 Å². The molecule has 2 aromatic rings. The zero-order valence-electron chi connectivity index (χ0n) is 18.3. The molecule has 0 aliphatic carbocycles. The minimum atomic E-state index is -0.522. The lowest BCUT2D eigenvalue weighted by Crippen LogP contribution is -2.35. The average molecular weight is 438 g/mol. The topological polar surface area (TPSA) is 94.2 Å². The van der Waals surface area contributed by atoms with E-state index < -0.39 is 17.8 Å². The smallest absolute Gasteiger partial charge is 0.338 e. The maximum absolute atomic E-state index is 12.9. The molecule has 3 rings (SSSR count). The summed E-state index contributed by atoms with van der Waals surface area (Å²) < 4.78 is 16.1. The molecule has 0 radical (unpaired) electrons. The number of amides is 2. The molecule has 1 saturated heterocycles. The van der Waals surface area contributed by atoms with Crippen LogP contribution in [0.2, 0.25) is 0 Å². The number of rotatable bonds is 9. The lowest BCUT2D eigenvalue weighted by atomic mass is 10.1. The summed E-state index contributed by atoms with van der Waals surface area (Å²) >= 11 is 0. The summed E-state index contributed by atoms with van der Waals surface area (Å²) in [5.74, 6) is -0.346. The van der Waals surface area contributed by atoms with E-state index in [-0.39, 0.29) is 12.2 Å². The van der Waals surface area contributed by atoms with Crippen LogP contribution in [0.15, 0.2) is 48.0 Å². The monoisotopic (exact) mass is 438 g/mol. The first-order valence-electron chi connectivity index (χ1n) is 10.4. The standard InChI is InChI=1S/C24H26N2O6/c1-4-6-13-32-20-12-7-16(15-21(20)30-3)14-19-22(27)25-26(23(19)28)18-10-8-17(9-11-18)24(29)31-5-2/h7-12,14-15H,4-6,13H2,1-3H3,(H,25,27)/b19-14-. The van der Waals surface area contributed by atoms with Gasteiger partial charge in [-0.2, -0.15) is 0 Å². The highest BCUT2D eigenvalue weighted by Gasteiger charge is 2.34. The Morgan fingerprint density at radius 2 is 1.81 bits per heavy atom. The van der Waals surface area contributed by atoms with Gasteiger partial charge in [0.15, 0.2) is 11.5 Å². The fraction of sp³-hybridized carbons (Fsp3) is 0.292. The zero-order valence-corrected chi connectivity index (χ0v) is 18.3. The van der Waals surface area contributed by atoms with Gasteiger partial charge in [-0.15, -0.1) is 0 Å². The van der Waals surface area contributed by atoms with Crippen molar-refractivity contribution in [3.05, 3.63) is 59.2 Å². The highest BCUT2D eigenvalue weighted by atomic mass is 16.5. The van der Waals surface area contributed by atoms with Crippen molar-refractivity contribution in [3.8, 4) is 11.5 Å². The van der Waals surface area contributed by atoms with Crippen molar-refractivity contribution in [2.75, 3.05) is 25.3 Å². The van der Waals surface area contributed by atoms with Crippen LogP contribution in [0.1, 0.15) is 42.6 Å². The van der Waals surface area contributed by atoms with E-state index in [9.17, 15) is 14.4 Å². The molecule has 0 atom stereocenters. The lowest BCUT2D eigenvalue weighted by Gasteiger charge is -2.14. The van der Waals surface area contributed by atoms with Gasteiger partial charge in [-0.1, -0.05) is 19.4 Å². The molecular weight excluding hydrogens is 412 g/mol. The second kappa shape index (κ2) is 10.5. The molecule has 2 amide bonds. The molecule has 1 aliphatic heterocycles. The second-order valence-corrected chi connectivity index (χ2v) is 7.02. The third-order valence-electron chi connectivity index (χ3n) is 4.78. The summed E-state index contributed by atoms with van der Waals surface area (Å²) in [5.41, 5.74) is 3.94.